The van der Waals surface area contributed by atoms with Gasteiger partial charge in [0.15, 0.2) is 5.82 Å². The van der Waals surface area contributed by atoms with Crippen LogP contribution in [-0.2, 0) is 0 Å². The molecule has 0 atom stereocenters. The first kappa shape index (κ1) is 63.7. The summed E-state index contributed by atoms with van der Waals surface area (Å²) >= 11 is 0. The van der Waals surface area contributed by atoms with Crippen molar-refractivity contribution in [2.45, 2.75) is 0 Å². The smallest absolute Gasteiger partial charge is 0.160 e. The average molecular weight is 1400 g/mol. The number of hydrogen-bond donors (Lipinski definition) is 0. The second-order valence-corrected chi connectivity index (χ2v) is 28.1. The van der Waals surface area contributed by atoms with Crippen LogP contribution in [0.2, 0.25) is 0 Å². The van der Waals surface area contributed by atoms with Crippen molar-refractivity contribution >= 4 is 98.0 Å². The molecule has 0 spiro atoms. The van der Waals surface area contributed by atoms with E-state index in [2.05, 4.69) is 407 Å². The first-order chi connectivity index (χ1) is 54.6. The largest absolute Gasteiger partial charge is 0.309 e. The lowest BCUT2D eigenvalue weighted by Gasteiger charge is -2.14. The normalized spacial score (nSPS) is 11.6. The molecule has 16 aromatic carbocycles. The van der Waals surface area contributed by atoms with Crippen LogP contribution < -0.4 is 0 Å². The second-order valence-electron chi connectivity index (χ2n) is 28.1. The van der Waals surface area contributed by atoms with Gasteiger partial charge in [-0.25, -0.2) is 15.0 Å². The van der Waals surface area contributed by atoms with Crippen molar-refractivity contribution in [2.75, 3.05) is 0 Å². The van der Waals surface area contributed by atoms with Crippen LogP contribution in [0.25, 0.3) is 199 Å². The summed E-state index contributed by atoms with van der Waals surface area (Å²) in [5.74, 6) is 0.698. The Kier molecular flexibility index (Phi) is 15.4. The molecule has 7 nitrogen and oxygen atoms in total. The lowest BCUT2D eigenvalue weighted by molar-refractivity contribution is 1.16. The van der Waals surface area contributed by atoms with Crippen molar-refractivity contribution in [1.82, 2.24) is 33.2 Å². The van der Waals surface area contributed by atoms with Crippen LogP contribution in [0.3, 0.4) is 0 Å². The van der Waals surface area contributed by atoms with E-state index in [0.717, 1.165) is 78.7 Å². The summed E-state index contributed by atoms with van der Waals surface area (Å²) in [6.07, 6.45) is 0. The molecule has 22 rings (SSSR count). The maximum Gasteiger partial charge on any atom is 0.160 e. The molecule has 0 fully saturated rings. The van der Waals surface area contributed by atoms with Crippen molar-refractivity contribution < 1.29 is 0 Å². The first-order valence-corrected chi connectivity index (χ1v) is 37.5. The van der Waals surface area contributed by atoms with Gasteiger partial charge in [0.1, 0.15) is 0 Å². The molecule has 6 heterocycles. The molecule has 0 radical (unpaired) electrons. The topological polar surface area (TPSA) is 58.4 Å². The van der Waals surface area contributed by atoms with E-state index in [9.17, 15) is 0 Å². The minimum Gasteiger partial charge on any atom is -0.309 e. The predicted octanol–water partition coefficient (Wildman–Crippen LogP) is 26.8. The number of benzene rings is 16. The quantitative estimate of drug-likeness (QED) is 0.130. The molecule has 0 aliphatic rings. The van der Waals surface area contributed by atoms with Crippen LogP contribution in [0, 0.1) is 0 Å². The number of pyridine rings is 1. The highest BCUT2D eigenvalue weighted by Gasteiger charge is 2.25. The van der Waals surface area contributed by atoms with E-state index in [1.807, 2.05) is 18.2 Å². The van der Waals surface area contributed by atoms with E-state index in [-0.39, 0.29) is 0 Å². The third kappa shape index (κ3) is 10.8. The van der Waals surface area contributed by atoms with Gasteiger partial charge in [-0.15, -0.1) is 0 Å². The number of para-hydroxylation sites is 5. The molecule has 110 heavy (non-hydrogen) atoms. The highest BCUT2D eigenvalue weighted by molar-refractivity contribution is 6.30. The summed E-state index contributed by atoms with van der Waals surface area (Å²) in [5.41, 5.74) is 27.7. The Labute approximate surface area is 635 Å². The van der Waals surface area contributed by atoms with Crippen LogP contribution in [0.4, 0.5) is 0 Å². The van der Waals surface area contributed by atoms with Gasteiger partial charge in [0.05, 0.1) is 78.3 Å². The third-order valence-electron chi connectivity index (χ3n) is 21.9. The highest BCUT2D eigenvalue weighted by atomic mass is 15.0. The standard InChI is InChI=1S/C52H34N4.C51H33N3/c1-4-16-35(17-5-1)40-22-10-13-25-45(40)56-47-27-15-12-24-42(47)51-49(56)33-32-48-50(51)41-23-11-14-26-46(41)55(48)39-30-28-38(29-31-39)52-53-43(36-18-6-2-7-19-36)34-44(54-52)37-20-8-3-9-21-37;1-3-14-34(15-4-1)38-32-43(36-17-5-2-6-18-36)52-44(33-38)37-26-28-39(29-27-37)53-46-23-11-9-21-41(46)50-48(53)30-31-49-51(50)42-22-10-12-24-47(42)54(49)45-25-13-19-35-16-7-8-20-40(35)45/h1-34H;1-33H. The van der Waals surface area contributed by atoms with E-state index >= 15 is 0 Å². The molecule has 0 aliphatic carbocycles. The van der Waals surface area contributed by atoms with Crippen LogP contribution in [0.5, 0.6) is 0 Å². The maximum absolute atomic E-state index is 5.19. The monoisotopic (exact) mass is 1400 g/mol. The van der Waals surface area contributed by atoms with Crippen molar-refractivity contribution in [3.63, 3.8) is 0 Å². The zero-order valence-electron chi connectivity index (χ0n) is 59.8. The Morgan fingerprint density at radius 1 is 0.173 bits per heavy atom. The molecule has 7 heteroatoms. The minimum atomic E-state index is 0.698. The predicted molar refractivity (Wildman–Crippen MR) is 459 cm³/mol. The van der Waals surface area contributed by atoms with Gasteiger partial charge in [-0.2, -0.15) is 0 Å². The minimum absolute atomic E-state index is 0.698. The molecule has 0 saturated heterocycles. The number of aromatic nitrogens is 7. The van der Waals surface area contributed by atoms with Gasteiger partial charge >= 0.3 is 0 Å². The summed E-state index contributed by atoms with van der Waals surface area (Å²) in [6, 6.07) is 145. The molecule has 0 amide bonds. The molecule has 22 aromatic rings. The fourth-order valence-corrected chi connectivity index (χ4v) is 16.9. The molecule has 0 bridgehead atoms. The van der Waals surface area contributed by atoms with Gasteiger partial charge in [-0.05, 0) is 137 Å². The summed E-state index contributed by atoms with van der Waals surface area (Å²) < 4.78 is 9.71. The van der Waals surface area contributed by atoms with Gasteiger partial charge in [-0.1, -0.05) is 291 Å². The summed E-state index contributed by atoms with van der Waals surface area (Å²) in [5, 5.41) is 12.5. The zero-order chi connectivity index (χ0) is 72.6. The molecular formula is C103H67N7. The van der Waals surface area contributed by atoms with Crippen LogP contribution in [-0.4, -0.2) is 33.2 Å². The summed E-state index contributed by atoms with van der Waals surface area (Å²) in [4.78, 5) is 15.4. The Morgan fingerprint density at radius 2 is 0.491 bits per heavy atom. The molecule has 6 aromatic heterocycles. The van der Waals surface area contributed by atoms with Crippen LogP contribution >= 0.6 is 0 Å². The Bertz CT molecular complexity index is 7160. The fraction of sp³-hybridized carbons (Fsp3) is 0. The fourth-order valence-electron chi connectivity index (χ4n) is 16.9. The number of nitrogens with zero attached hydrogens (tertiary/aromatic N) is 7. The molecular weight excluding hydrogens is 1340 g/mol. The molecule has 514 valence electrons. The van der Waals surface area contributed by atoms with Gasteiger partial charge in [0.2, 0.25) is 0 Å². The summed E-state index contributed by atoms with van der Waals surface area (Å²) in [6.45, 7) is 0. The van der Waals surface area contributed by atoms with Gasteiger partial charge in [0.25, 0.3) is 0 Å². The number of fused-ring (bicyclic) bond motifs is 15. The first-order valence-electron chi connectivity index (χ1n) is 37.5. The number of rotatable bonds is 11. The number of hydrogen-bond acceptors (Lipinski definition) is 3. The lowest BCUT2D eigenvalue weighted by atomic mass is 10.00. The maximum atomic E-state index is 5.19. The van der Waals surface area contributed by atoms with Crippen molar-refractivity contribution in [3.05, 3.63) is 406 Å². The Morgan fingerprint density at radius 3 is 0.955 bits per heavy atom. The van der Waals surface area contributed by atoms with E-state index in [1.165, 1.54) is 115 Å². The van der Waals surface area contributed by atoms with Crippen LogP contribution in [0.1, 0.15) is 0 Å². The van der Waals surface area contributed by atoms with Crippen molar-refractivity contribution in [3.8, 4) is 101 Å². The molecule has 0 saturated carbocycles. The van der Waals surface area contributed by atoms with E-state index < -0.39 is 0 Å². The van der Waals surface area contributed by atoms with E-state index in [0.29, 0.717) is 5.82 Å². The van der Waals surface area contributed by atoms with Crippen molar-refractivity contribution in [2.24, 2.45) is 0 Å². The average Bonchev–Trinajstić information content (AvgIpc) is 1.55. The van der Waals surface area contributed by atoms with Gasteiger partial charge in [0, 0.05) is 93.2 Å². The molecule has 0 unspecified atom stereocenters. The van der Waals surface area contributed by atoms with Crippen LogP contribution in [0.15, 0.2) is 406 Å². The SMILES string of the molecule is c1ccc(-c2cc(-c3ccccc3)nc(-c3ccc(-n4c5ccccc5c5c6c7ccccc7n(-c7cccc8ccccc78)c6ccc54)cc3)c2)cc1.c1ccc(-c2cc(-c3ccccc3)nc(-c3ccc(-n4c5ccccc5c5c6c7ccccc7n(-c7ccccc7-c7ccccc7)c6ccc54)cc3)n2)cc1. The third-order valence-corrected chi connectivity index (χ3v) is 21.9. The lowest BCUT2D eigenvalue weighted by Crippen LogP contribution is -1.98. The Hall–Kier alpha value is -14.8. The highest BCUT2D eigenvalue weighted by Crippen LogP contribution is 2.47. The van der Waals surface area contributed by atoms with E-state index in [1.54, 1.807) is 0 Å². The molecule has 0 N–H and O–H groups in total. The zero-order valence-corrected chi connectivity index (χ0v) is 59.8. The Balaban J connectivity index is 0.000000140. The second kappa shape index (κ2) is 26.7. The van der Waals surface area contributed by atoms with E-state index in [4.69, 9.17) is 15.0 Å². The van der Waals surface area contributed by atoms with Crippen molar-refractivity contribution in [1.29, 1.82) is 0 Å². The van der Waals surface area contributed by atoms with Gasteiger partial charge in [-0.3, -0.25) is 0 Å². The summed E-state index contributed by atoms with van der Waals surface area (Å²) in [7, 11) is 0. The molecule has 0 aliphatic heterocycles. The van der Waals surface area contributed by atoms with Gasteiger partial charge < -0.3 is 18.3 Å².